The van der Waals surface area contributed by atoms with Gasteiger partial charge in [-0.15, -0.1) is 0 Å². The van der Waals surface area contributed by atoms with E-state index in [9.17, 15) is 24.5 Å². The van der Waals surface area contributed by atoms with Gasteiger partial charge in [0.1, 0.15) is 17.6 Å². The Morgan fingerprint density at radius 3 is 1.97 bits per heavy atom. The average Bonchev–Trinajstić information content (AvgIpc) is 3.23. The zero-order chi connectivity index (χ0) is 25.2. The van der Waals surface area contributed by atoms with Crippen molar-refractivity contribution in [2.45, 2.75) is 122 Å². The van der Waals surface area contributed by atoms with Gasteiger partial charge in [0.25, 0.3) is 0 Å². The third-order valence-corrected chi connectivity index (χ3v) is 5.93. The lowest BCUT2D eigenvalue weighted by molar-refractivity contribution is -0.427. The first-order valence-corrected chi connectivity index (χ1v) is 12.7. The smallest absolute Gasteiger partial charge is 0.481 e. The van der Waals surface area contributed by atoms with Crippen molar-refractivity contribution in [1.29, 1.82) is 0 Å². The lowest BCUT2D eigenvalue weighted by Gasteiger charge is -2.20. The molecule has 2 atom stereocenters. The zero-order valence-electron chi connectivity index (χ0n) is 20.5. The highest BCUT2D eigenvalue weighted by atomic mass is 16.8. The van der Waals surface area contributed by atoms with E-state index in [1.807, 2.05) is 0 Å². The number of esters is 1. The summed E-state index contributed by atoms with van der Waals surface area (Å²) in [5.41, 5.74) is 0. The van der Waals surface area contributed by atoms with Crippen LogP contribution in [0, 0.1) is 10.1 Å². The number of carbonyl (C=O) groups is 3. The zero-order valence-corrected chi connectivity index (χ0v) is 20.5. The summed E-state index contributed by atoms with van der Waals surface area (Å²) >= 11 is 0. The van der Waals surface area contributed by atoms with Crippen LogP contribution in [0.2, 0.25) is 0 Å². The molecule has 1 aliphatic heterocycles. The number of ether oxygens (including phenoxy) is 3. The molecule has 0 radical (unpaired) electrons. The molecule has 2 unspecified atom stereocenters. The first kappa shape index (κ1) is 30.0. The van der Waals surface area contributed by atoms with Gasteiger partial charge in [0, 0.05) is 12.8 Å². The van der Waals surface area contributed by atoms with E-state index in [0.29, 0.717) is 0 Å². The predicted octanol–water partition coefficient (Wildman–Crippen LogP) is 4.79. The Kier molecular flexibility index (Phi) is 15.3. The van der Waals surface area contributed by atoms with E-state index in [-0.39, 0.29) is 19.6 Å². The fraction of sp³-hybridized carbons (Fsp3) is 0.875. The number of carboxylic acid groups (broad SMARTS) is 1. The number of hydrogen-bond acceptors (Lipinski definition) is 8. The minimum atomic E-state index is -2.26. The van der Waals surface area contributed by atoms with Gasteiger partial charge in [-0.2, -0.15) is 0 Å². The minimum absolute atomic E-state index is 0.203. The number of rotatable bonds is 20. The van der Waals surface area contributed by atoms with Gasteiger partial charge in [0.05, 0.1) is 13.0 Å². The Morgan fingerprint density at radius 2 is 1.47 bits per heavy atom. The summed E-state index contributed by atoms with van der Waals surface area (Å²) in [4.78, 5) is 44.3. The molecule has 0 aromatic rings. The third-order valence-electron chi connectivity index (χ3n) is 5.93. The molecular weight excluding hydrogens is 446 g/mol. The van der Waals surface area contributed by atoms with Gasteiger partial charge >= 0.3 is 23.6 Å². The second kappa shape index (κ2) is 17.4. The Hall–Kier alpha value is -2.07. The van der Waals surface area contributed by atoms with E-state index in [4.69, 9.17) is 19.3 Å². The predicted molar refractivity (Wildman–Crippen MR) is 124 cm³/mol. The van der Waals surface area contributed by atoms with Crippen molar-refractivity contribution in [3.8, 4) is 0 Å². The lowest BCUT2D eigenvalue weighted by Crippen LogP contribution is -2.45. The molecule has 0 aromatic carbocycles. The normalized spacial score (nSPS) is 19.7. The maximum absolute atomic E-state index is 11.9. The van der Waals surface area contributed by atoms with Crippen molar-refractivity contribution in [3.63, 3.8) is 0 Å². The lowest BCUT2D eigenvalue weighted by atomic mass is 10.0. The topological polar surface area (TPSA) is 142 Å². The monoisotopic (exact) mass is 487 g/mol. The maximum Gasteiger partial charge on any atom is 0.503 e. The largest absolute Gasteiger partial charge is 0.503 e. The molecule has 0 aromatic heterocycles. The van der Waals surface area contributed by atoms with Gasteiger partial charge in [-0.25, -0.2) is 4.79 Å². The number of nitrogens with zero attached hydrogens (tertiary/aromatic N) is 1. The third kappa shape index (κ3) is 12.4. The molecule has 0 spiro atoms. The van der Waals surface area contributed by atoms with Crippen LogP contribution in [0.15, 0.2) is 0 Å². The molecule has 1 aliphatic rings. The second-order valence-corrected chi connectivity index (χ2v) is 8.94. The molecule has 0 bridgehead atoms. The highest BCUT2D eigenvalue weighted by Gasteiger charge is 2.55. The number of amides is 1. The standard InChI is InChI=1S/C24H41NO9/c1-2-3-4-5-6-7-8-9-10-11-12-13-14-15-22(28)32-18-20-19-33-24(34-20,17-16-21(26)27)23(29)25(30)31/h20H,2-19H2,1H3,(H,26,27). The summed E-state index contributed by atoms with van der Waals surface area (Å²) in [7, 11) is 0. The fourth-order valence-electron chi connectivity index (χ4n) is 3.95. The molecule has 10 nitrogen and oxygen atoms in total. The summed E-state index contributed by atoms with van der Waals surface area (Å²) in [6.45, 7) is 1.82. The molecule has 34 heavy (non-hydrogen) atoms. The van der Waals surface area contributed by atoms with Gasteiger partial charge in [0.2, 0.25) is 0 Å². The van der Waals surface area contributed by atoms with E-state index in [1.165, 1.54) is 64.2 Å². The van der Waals surface area contributed by atoms with E-state index < -0.39 is 47.5 Å². The molecular formula is C24H41NO9. The molecule has 1 N–H and O–H groups in total. The molecule has 1 heterocycles. The molecule has 0 saturated carbocycles. The summed E-state index contributed by atoms with van der Waals surface area (Å²) in [5.74, 6) is -5.46. The Bertz CT molecular complexity index is 640. The van der Waals surface area contributed by atoms with Crippen LogP contribution in [0.25, 0.3) is 0 Å². The summed E-state index contributed by atoms with van der Waals surface area (Å²) in [6.07, 6.45) is 14.1. The first-order valence-electron chi connectivity index (χ1n) is 12.7. The van der Waals surface area contributed by atoms with E-state index in [2.05, 4.69) is 6.92 Å². The molecule has 1 amide bonds. The van der Waals surface area contributed by atoms with Crippen LogP contribution in [0.4, 0.5) is 0 Å². The number of carbonyl (C=O) groups excluding carboxylic acids is 2. The number of carboxylic acids is 1. The van der Waals surface area contributed by atoms with E-state index in [1.54, 1.807) is 0 Å². The summed E-state index contributed by atoms with van der Waals surface area (Å²) < 4.78 is 15.7. The Morgan fingerprint density at radius 1 is 0.941 bits per heavy atom. The van der Waals surface area contributed by atoms with Crippen LogP contribution in [-0.4, -0.2) is 53.0 Å². The number of hydrogen-bond donors (Lipinski definition) is 1. The summed E-state index contributed by atoms with van der Waals surface area (Å²) in [5, 5.41) is 19.7. The first-order chi connectivity index (χ1) is 16.3. The molecule has 0 aliphatic carbocycles. The SMILES string of the molecule is CCCCCCCCCCCCCCCC(=O)OCC1COC(CCC(=O)O)(C(=O)[N+](=O)[O-])O1. The van der Waals surface area contributed by atoms with Gasteiger partial charge in [-0.3, -0.25) is 19.7 Å². The highest BCUT2D eigenvalue weighted by molar-refractivity contribution is 5.77. The minimum Gasteiger partial charge on any atom is -0.481 e. The maximum atomic E-state index is 11.9. The number of aliphatic carboxylic acids is 1. The van der Waals surface area contributed by atoms with Crippen LogP contribution in [0.5, 0.6) is 0 Å². The van der Waals surface area contributed by atoms with Crippen molar-refractivity contribution in [2.24, 2.45) is 0 Å². The summed E-state index contributed by atoms with van der Waals surface area (Å²) in [6, 6.07) is 0. The van der Waals surface area contributed by atoms with Crippen LogP contribution in [-0.2, 0) is 28.6 Å². The fourth-order valence-corrected chi connectivity index (χ4v) is 3.95. The molecule has 1 fully saturated rings. The molecule has 10 heteroatoms. The number of nitro groups is 1. The molecule has 196 valence electrons. The van der Waals surface area contributed by atoms with Crippen LogP contribution >= 0.6 is 0 Å². The van der Waals surface area contributed by atoms with Gasteiger partial charge in [-0.05, 0) is 6.42 Å². The van der Waals surface area contributed by atoms with Crippen LogP contribution in [0.1, 0.15) is 110 Å². The second-order valence-electron chi connectivity index (χ2n) is 8.94. The Labute approximate surface area is 201 Å². The van der Waals surface area contributed by atoms with Crippen molar-refractivity contribution in [2.75, 3.05) is 13.2 Å². The van der Waals surface area contributed by atoms with Crippen LogP contribution in [0.3, 0.4) is 0 Å². The number of unbranched alkanes of at least 4 members (excludes halogenated alkanes) is 12. The van der Waals surface area contributed by atoms with Crippen molar-refractivity contribution in [1.82, 2.24) is 0 Å². The molecule has 1 saturated heterocycles. The van der Waals surface area contributed by atoms with Crippen molar-refractivity contribution < 1.29 is 38.6 Å². The molecule has 1 rings (SSSR count). The quantitative estimate of drug-likeness (QED) is 0.111. The van der Waals surface area contributed by atoms with Gasteiger partial charge < -0.3 is 19.3 Å². The van der Waals surface area contributed by atoms with Gasteiger partial charge in [-0.1, -0.05) is 84.0 Å². The highest BCUT2D eigenvalue weighted by Crippen LogP contribution is 2.30. The van der Waals surface area contributed by atoms with Gasteiger partial charge in [0.15, 0.2) is 0 Å². The Balaban J connectivity index is 2.11. The van der Waals surface area contributed by atoms with Crippen LogP contribution < -0.4 is 0 Å². The van der Waals surface area contributed by atoms with E-state index >= 15 is 0 Å². The van der Waals surface area contributed by atoms with Crippen molar-refractivity contribution in [3.05, 3.63) is 10.1 Å². The average molecular weight is 488 g/mol. The van der Waals surface area contributed by atoms with Crippen molar-refractivity contribution >= 4 is 17.8 Å². The van der Waals surface area contributed by atoms with E-state index in [0.717, 1.165) is 19.3 Å².